The number of methoxy groups -OCH3 is 1. The van der Waals surface area contributed by atoms with Crippen molar-refractivity contribution < 1.29 is 31.8 Å². The summed E-state index contributed by atoms with van der Waals surface area (Å²) in [4.78, 5) is 35.5. The Morgan fingerprint density at radius 3 is 2.46 bits per heavy atom. The van der Waals surface area contributed by atoms with Crippen LogP contribution in [-0.4, -0.2) is 97.4 Å². The Bertz CT molecular complexity index is 1750. The molecule has 1 saturated heterocycles. The van der Waals surface area contributed by atoms with Gasteiger partial charge in [-0.05, 0) is 56.2 Å². The van der Waals surface area contributed by atoms with E-state index in [9.17, 15) is 22.4 Å². The van der Waals surface area contributed by atoms with E-state index in [0.717, 1.165) is 63.3 Å². The highest BCUT2D eigenvalue weighted by atomic mass is 19.4. The first-order valence-electron chi connectivity index (χ1n) is 16.1. The lowest BCUT2D eigenvalue weighted by atomic mass is 9.69. The standard InChI is InChI=1S/C34H39F4N7O3/c1-4-48-29(46)19-44-10-12-45(13-11-44)25-6-7-26(39-18-25)31-41-30-28(43(2)20-33(21-47-3)8-5-9-33)17-27(40-32(30)42-31)22-14-23(34(36,37)38)16-24(35)15-22/h6-7,14-18H,4-5,8-13,19-21H2,1-3H3,(H,40,41,42). The molecule has 3 aromatic heterocycles. The van der Waals surface area contributed by atoms with Crippen LogP contribution in [0.5, 0.6) is 0 Å². The summed E-state index contributed by atoms with van der Waals surface area (Å²) in [5, 5.41) is 0. The third kappa shape index (κ3) is 7.24. The molecule has 1 aliphatic heterocycles. The number of nitrogens with zero attached hydrogens (tertiary/aromatic N) is 6. The number of carbonyl (C=O) groups excluding carboxylic acids is 1. The first-order valence-corrected chi connectivity index (χ1v) is 16.1. The van der Waals surface area contributed by atoms with Crippen LogP contribution < -0.4 is 9.80 Å². The van der Waals surface area contributed by atoms with E-state index < -0.39 is 17.6 Å². The number of aromatic amines is 1. The van der Waals surface area contributed by atoms with Crippen LogP contribution in [0, 0.1) is 11.2 Å². The van der Waals surface area contributed by atoms with Gasteiger partial charge in [-0.1, -0.05) is 6.42 Å². The van der Waals surface area contributed by atoms with E-state index in [4.69, 9.17) is 14.5 Å². The molecule has 256 valence electrons. The number of hydrogen-bond acceptors (Lipinski definition) is 9. The lowest BCUT2D eigenvalue weighted by Gasteiger charge is -2.44. The van der Waals surface area contributed by atoms with Gasteiger partial charge in [0.2, 0.25) is 0 Å². The normalized spacial score (nSPS) is 16.6. The number of alkyl halides is 3. The highest BCUT2D eigenvalue weighted by molar-refractivity contribution is 5.91. The monoisotopic (exact) mass is 669 g/mol. The molecule has 2 aliphatic rings. The van der Waals surface area contributed by atoms with Crippen LogP contribution >= 0.6 is 0 Å². The number of rotatable bonds is 11. The maximum Gasteiger partial charge on any atom is 0.416 e. The molecule has 1 saturated carbocycles. The molecule has 1 aliphatic carbocycles. The number of benzene rings is 1. The lowest BCUT2D eigenvalue weighted by Crippen LogP contribution is -2.48. The second kappa shape index (κ2) is 13.7. The summed E-state index contributed by atoms with van der Waals surface area (Å²) in [6, 6.07) is 7.92. The fraction of sp³-hybridized carbons (Fsp3) is 0.471. The summed E-state index contributed by atoms with van der Waals surface area (Å²) in [6.45, 7) is 6.55. The van der Waals surface area contributed by atoms with E-state index in [1.807, 2.05) is 24.1 Å². The molecular formula is C34H39F4N7O3. The van der Waals surface area contributed by atoms with Crippen molar-refractivity contribution in [3.8, 4) is 22.8 Å². The van der Waals surface area contributed by atoms with Crippen molar-refractivity contribution in [3.05, 3.63) is 54.0 Å². The predicted molar refractivity (Wildman–Crippen MR) is 174 cm³/mol. The number of nitrogens with one attached hydrogen (secondary N) is 1. The number of pyridine rings is 2. The Kier molecular flexibility index (Phi) is 9.57. The molecule has 6 rings (SSSR count). The molecular weight excluding hydrogens is 630 g/mol. The average Bonchev–Trinajstić information content (AvgIpc) is 3.47. The fourth-order valence-corrected chi connectivity index (χ4v) is 6.63. The number of ether oxygens (including phenoxy) is 2. The lowest BCUT2D eigenvalue weighted by molar-refractivity contribution is -0.144. The van der Waals surface area contributed by atoms with Gasteiger partial charge in [-0.15, -0.1) is 0 Å². The number of halogens is 4. The average molecular weight is 670 g/mol. The second-order valence-electron chi connectivity index (χ2n) is 12.6. The number of H-pyrrole nitrogens is 1. The number of piperazine rings is 1. The Labute approximate surface area is 276 Å². The van der Waals surface area contributed by atoms with Crippen LogP contribution in [-0.2, 0) is 20.4 Å². The van der Waals surface area contributed by atoms with E-state index in [0.29, 0.717) is 48.5 Å². The van der Waals surface area contributed by atoms with Gasteiger partial charge >= 0.3 is 12.1 Å². The van der Waals surface area contributed by atoms with Gasteiger partial charge in [-0.3, -0.25) is 14.7 Å². The van der Waals surface area contributed by atoms with Crippen LogP contribution in [0.3, 0.4) is 0 Å². The number of hydrogen-bond donors (Lipinski definition) is 1. The van der Waals surface area contributed by atoms with Crippen LogP contribution in [0.1, 0.15) is 31.7 Å². The second-order valence-corrected chi connectivity index (χ2v) is 12.6. The van der Waals surface area contributed by atoms with Gasteiger partial charge in [0, 0.05) is 57.9 Å². The van der Waals surface area contributed by atoms with Gasteiger partial charge < -0.3 is 24.3 Å². The maximum absolute atomic E-state index is 14.5. The Morgan fingerprint density at radius 1 is 1.06 bits per heavy atom. The van der Waals surface area contributed by atoms with E-state index in [1.54, 1.807) is 26.3 Å². The summed E-state index contributed by atoms with van der Waals surface area (Å²) >= 11 is 0. The maximum atomic E-state index is 14.5. The molecule has 0 radical (unpaired) electrons. The van der Waals surface area contributed by atoms with E-state index in [1.165, 1.54) is 0 Å². The minimum Gasteiger partial charge on any atom is -0.465 e. The summed E-state index contributed by atoms with van der Waals surface area (Å²) in [7, 11) is 3.59. The Balaban J connectivity index is 1.30. The molecule has 14 heteroatoms. The van der Waals surface area contributed by atoms with Gasteiger partial charge in [0.15, 0.2) is 11.5 Å². The van der Waals surface area contributed by atoms with Crippen molar-refractivity contribution in [1.82, 2.24) is 24.8 Å². The Morgan fingerprint density at radius 2 is 1.83 bits per heavy atom. The zero-order chi connectivity index (χ0) is 34.1. The molecule has 0 unspecified atom stereocenters. The molecule has 0 amide bonds. The minimum atomic E-state index is -4.72. The number of aromatic nitrogens is 4. The first kappa shape index (κ1) is 33.6. The van der Waals surface area contributed by atoms with Crippen LogP contribution in [0.2, 0.25) is 0 Å². The minimum absolute atomic E-state index is 0.00325. The van der Waals surface area contributed by atoms with E-state index >= 15 is 0 Å². The van der Waals surface area contributed by atoms with Crippen LogP contribution in [0.15, 0.2) is 42.6 Å². The summed E-state index contributed by atoms with van der Waals surface area (Å²) in [5.41, 5.74) is 2.08. The van der Waals surface area contributed by atoms with Crippen LogP contribution in [0.4, 0.5) is 28.9 Å². The highest BCUT2D eigenvalue weighted by Gasteiger charge is 2.38. The summed E-state index contributed by atoms with van der Waals surface area (Å²) in [6.07, 6.45) is 0.139. The van der Waals surface area contributed by atoms with Crippen LogP contribution in [0.25, 0.3) is 33.9 Å². The van der Waals surface area contributed by atoms with Gasteiger partial charge in [-0.25, -0.2) is 14.4 Å². The molecule has 48 heavy (non-hydrogen) atoms. The van der Waals surface area contributed by atoms with Gasteiger partial charge in [0.25, 0.3) is 0 Å². The third-order valence-corrected chi connectivity index (χ3v) is 9.20. The molecule has 4 heterocycles. The molecule has 4 aromatic rings. The number of imidazole rings is 1. The SMILES string of the molecule is CCOC(=O)CN1CCN(c2ccc(-c3nc4nc(-c5cc(F)cc(C(F)(F)F)c5)cc(N(C)CC5(COC)CCC5)c4[nH]3)nc2)CC1. The first-order chi connectivity index (χ1) is 23.0. The predicted octanol–water partition coefficient (Wildman–Crippen LogP) is 5.78. The van der Waals surface area contributed by atoms with Crippen molar-refractivity contribution in [1.29, 1.82) is 0 Å². The number of carbonyl (C=O) groups is 1. The number of fused-ring (bicyclic) bond motifs is 1. The van der Waals surface area contributed by atoms with E-state index in [2.05, 4.69) is 24.8 Å². The van der Waals surface area contributed by atoms with Gasteiger partial charge in [0.1, 0.15) is 17.0 Å². The van der Waals surface area contributed by atoms with Gasteiger partial charge in [0.05, 0.1) is 48.6 Å². The van der Waals surface area contributed by atoms with E-state index in [-0.39, 0.29) is 34.8 Å². The molecule has 2 fully saturated rings. The molecule has 0 atom stereocenters. The van der Waals surface area contributed by atoms with Gasteiger partial charge in [-0.2, -0.15) is 13.2 Å². The molecule has 1 N–H and O–H groups in total. The quantitative estimate of drug-likeness (QED) is 0.157. The smallest absolute Gasteiger partial charge is 0.416 e. The number of anilines is 2. The van der Waals surface area contributed by atoms with Crippen molar-refractivity contribution in [2.24, 2.45) is 5.41 Å². The molecule has 10 nitrogen and oxygen atoms in total. The third-order valence-electron chi connectivity index (χ3n) is 9.20. The molecule has 1 aromatic carbocycles. The molecule has 0 spiro atoms. The largest absolute Gasteiger partial charge is 0.465 e. The van der Waals surface area contributed by atoms with Crippen molar-refractivity contribution >= 4 is 28.5 Å². The topological polar surface area (TPSA) is 99.7 Å². The number of esters is 1. The zero-order valence-electron chi connectivity index (χ0n) is 27.2. The van der Waals surface area contributed by atoms with Crippen molar-refractivity contribution in [2.75, 3.05) is 76.4 Å². The van der Waals surface area contributed by atoms with Crippen molar-refractivity contribution in [3.63, 3.8) is 0 Å². The fourth-order valence-electron chi connectivity index (χ4n) is 6.63. The summed E-state index contributed by atoms with van der Waals surface area (Å²) in [5.74, 6) is -0.781. The van der Waals surface area contributed by atoms with Crippen molar-refractivity contribution in [2.45, 2.75) is 32.4 Å². The molecule has 0 bridgehead atoms. The Hall–Kier alpha value is -4.30. The highest BCUT2D eigenvalue weighted by Crippen LogP contribution is 2.43. The zero-order valence-corrected chi connectivity index (χ0v) is 27.2. The summed E-state index contributed by atoms with van der Waals surface area (Å²) < 4.78 is 65.9.